The lowest BCUT2D eigenvalue weighted by Gasteiger charge is -2.31. The number of amides is 3. The first-order chi connectivity index (χ1) is 11.5. The maximum atomic E-state index is 12.3. The maximum absolute atomic E-state index is 12.3. The summed E-state index contributed by atoms with van der Waals surface area (Å²) in [6, 6.07) is 0. The lowest BCUT2D eigenvalue weighted by Crippen LogP contribution is -2.52. The third-order valence-electron chi connectivity index (χ3n) is 5.20. The Kier molecular flexibility index (Phi) is 6.36. The van der Waals surface area contributed by atoms with Gasteiger partial charge in [0.1, 0.15) is 5.41 Å². The van der Waals surface area contributed by atoms with Crippen LogP contribution in [-0.2, 0) is 14.4 Å². The van der Waals surface area contributed by atoms with Crippen LogP contribution in [0.5, 0.6) is 0 Å². The average Bonchev–Trinajstić information content (AvgIpc) is 2.59. The molecule has 1 unspecified atom stereocenters. The molecule has 2 aliphatic heterocycles. The van der Waals surface area contributed by atoms with Crippen molar-refractivity contribution in [2.45, 2.75) is 45.4 Å². The standard InChI is InChI=1S/C17H28N4O3/c1-2-17(15(18)23)10-13(11-21-16(17)24)14(22)20-7-3-4-12-5-8-19-9-6-12/h11-12,19H,2-10H2,1H3,(H2,18,23)(H,20,22)(H,21,24). The monoisotopic (exact) mass is 336 g/mol. The normalized spacial score (nSPS) is 24.9. The third kappa shape index (κ3) is 4.14. The number of hydrogen-bond donors (Lipinski definition) is 4. The molecule has 0 saturated carbocycles. The average molecular weight is 336 g/mol. The summed E-state index contributed by atoms with van der Waals surface area (Å²) in [7, 11) is 0. The molecule has 3 amide bonds. The SMILES string of the molecule is CCC1(C(N)=O)CC(C(=O)NCCCC2CCNCC2)=CNC1=O. The summed E-state index contributed by atoms with van der Waals surface area (Å²) in [5.41, 5.74) is 4.48. The summed E-state index contributed by atoms with van der Waals surface area (Å²) in [6.07, 6.45) is 6.16. The second kappa shape index (κ2) is 8.28. The highest BCUT2D eigenvalue weighted by Crippen LogP contribution is 2.33. The van der Waals surface area contributed by atoms with Crippen molar-refractivity contribution >= 4 is 17.7 Å². The Labute approximate surface area is 142 Å². The molecule has 134 valence electrons. The molecule has 1 saturated heterocycles. The minimum Gasteiger partial charge on any atom is -0.369 e. The molecule has 7 heteroatoms. The van der Waals surface area contributed by atoms with Crippen molar-refractivity contribution in [3.8, 4) is 0 Å². The van der Waals surface area contributed by atoms with Gasteiger partial charge in [0.2, 0.25) is 17.7 Å². The van der Waals surface area contributed by atoms with E-state index in [9.17, 15) is 14.4 Å². The van der Waals surface area contributed by atoms with Crippen LogP contribution in [0.1, 0.15) is 45.4 Å². The zero-order valence-corrected chi connectivity index (χ0v) is 14.3. The number of nitrogens with one attached hydrogen (secondary N) is 3. The van der Waals surface area contributed by atoms with E-state index in [0.29, 0.717) is 12.1 Å². The Balaban J connectivity index is 1.81. The van der Waals surface area contributed by atoms with Crippen LogP contribution in [0.2, 0.25) is 0 Å². The Hall–Kier alpha value is -1.89. The van der Waals surface area contributed by atoms with Gasteiger partial charge >= 0.3 is 0 Å². The first-order valence-corrected chi connectivity index (χ1v) is 8.78. The highest BCUT2D eigenvalue weighted by Gasteiger charge is 2.46. The lowest BCUT2D eigenvalue weighted by atomic mass is 9.75. The molecule has 0 aliphatic carbocycles. The van der Waals surface area contributed by atoms with Crippen molar-refractivity contribution in [1.82, 2.24) is 16.0 Å². The van der Waals surface area contributed by atoms with Gasteiger partial charge in [0.15, 0.2) is 0 Å². The van der Waals surface area contributed by atoms with Crippen LogP contribution in [0.15, 0.2) is 11.8 Å². The van der Waals surface area contributed by atoms with Crippen molar-refractivity contribution in [2.75, 3.05) is 19.6 Å². The van der Waals surface area contributed by atoms with Gasteiger partial charge in [0.05, 0.1) is 0 Å². The van der Waals surface area contributed by atoms with Crippen LogP contribution < -0.4 is 21.7 Å². The maximum Gasteiger partial charge on any atom is 0.248 e. The molecule has 0 aromatic carbocycles. The van der Waals surface area contributed by atoms with Crippen molar-refractivity contribution in [1.29, 1.82) is 0 Å². The molecule has 2 aliphatic rings. The lowest BCUT2D eigenvalue weighted by molar-refractivity contribution is -0.142. The highest BCUT2D eigenvalue weighted by atomic mass is 16.2. The van der Waals surface area contributed by atoms with Crippen molar-refractivity contribution in [3.63, 3.8) is 0 Å². The van der Waals surface area contributed by atoms with Gasteiger partial charge in [0.25, 0.3) is 0 Å². The molecule has 1 atom stereocenters. The van der Waals surface area contributed by atoms with Crippen LogP contribution in [0.4, 0.5) is 0 Å². The van der Waals surface area contributed by atoms with Gasteiger partial charge in [0, 0.05) is 24.7 Å². The Morgan fingerprint density at radius 2 is 2.08 bits per heavy atom. The highest BCUT2D eigenvalue weighted by molar-refractivity contribution is 6.08. The van der Waals surface area contributed by atoms with Crippen LogP contribution in [0.3, 0.4) is 0 Å². The molecule has 0 spiro atoms. The van der Waals surface area contributed by atoms with Crippen molar-refractivity contribution in [2.24, 2.45) is 17.1 Å². The number of rotatable bonds is 7. The quantitative estimate of drug-likeness (QED) is 0.392. The molecule has 0 aromatic rings. The van der Waals surface area contributed by atoms with Gasteiger partial charge in [-0.15, -0.1) is 0 Å². The van der Waals surface area contributed by atoms with Crippen LogP contribution >= 0.6 is 0 Å². The van der Waals surface area contributed by atoms with Gasteiger partial charge in [-0.3, -0.25) is 14.4 Å². The van der Waals surface area contributed by atoms with Gasteiger partial charge in [-0.1, -0.05) is 6.92 Å². The predicted octanol–water partition coefficient (Wildman–Crippen LogP) is 0.168. The van der Waals surface area contributed by atoms with E-state index in [1.807, 2.05) is 0 Å². The molecule has 0 aromatic heterocycles. The molecule has 0 bridgehead atoms. The fourth-order valence-electron chi connectivity index (χ4n) is 3.43. The minimum absolute atomic E-state index is 0.0603. The number of carbonyl (C=O) groups is 3. The molecule has 2 rings (SSSR count). The molecular formula is C17H28N4O3. The van der Waals surface area contributed by atoms with Gasteiger partial charge in [-0.25, -0.2) is 0 Å². The Bertz CT molecular complexity index is 526. The van der Waals surface area contributed by atoms with Gasteiger partial charge in [-0.05, 0) is 51.1 Å². The third-order valence-corrected chi connectivity index (χ3v) is 5.20. The smallest absolute Gasteiger partial charge is 0.248 e. The second-order valence-corrected chi connectivity index (χ2v) is 6.71. The van der Waals surface area contributed by atoms with E-state index in [1.165, 1.54) is 19.0 Å². The summed E-state index contributed by atoms with van der Waals surface area (Å²) < 4.78 is 0. The zero-order chi connectivity index (χ0) is 17.6. The number of piperidine rings is 1. The number of primary amides is 1. The molecule has 24 heavy (non-hydrogen) atoms. The van der Waals surface area contributed by atoms with Gasteiger partial charge < -0.3 is 21.7 Å². The predicted molar refractivity (Wildman–Crippen MR) is 90.6 cm³/mol. The summed E-state index contributed by atoms with van der Waals surface area (Å²) in [4.78, 5) is 36.0. The van der Waals surface area contributed by atoms with E-state index in [2.05, 4.69) is 16.0 Å². The van der Waals surface area contributed by atoms with Gasteiger partial charge in [-0.2, -0.15) is 0 Å². The topological polar surface area (TPSA) is 113 Å². The van der Waals surface area contributed by atoms with E-state index in [1.54, 1.807) is 6.92 Å². The number of nitrogens with two attached hydrogens (primary N) is 1. The van der Waals surface area contributed by atoms with E-state index >= 15 is 0 Å². The Morgan fingerprint density at radius 1 is 1.38 bits per heavy atom. The zero-order valence-electron chi connectivity index (χ0n) is 14.3. The van der Waals surface area contributed by atoms with E-state index in [-0.39, 0.29) is 18.7 Å². The van der Waals surface area contributed by atoms with E-state index in [0.717, 1.165) is 31.8 Å². The second-order valence-electron chi connectivity index (χ2n) is 6.71. The minimum atomic E-state index is -1.32. The molecule has 0 radical (unpaired) electrons. The van der Waals surface area contributed by atoms with Crippen LogP contribution in [-0.4, -0.2) is 37.4 Å². The summed E-state index contributed by atoms with van der Waals surface area (Å²) in [5, 5.41) is 8.73. The summed E-state index contributed by atoms with van der Waals surface area (Å²) >= 11 is 0. The molecule has 2 heterocycles. The molecule has 7 nitrogen and oxygen atoms in total. The van der Waals surface area contributed by atoms with E-state index < -0.39 is 17.2 Å². The van der Waals surface area contributed by atoms with E-state index in [4.69, 9.17) is 5.73 Å². The first-order valence-electron chi connectivity index (χ1n) is 8.78. The molecule has 5 N–H and O–H groups in total. The van der Waals surface area contributed by atoms with Crippen LogP contribution in [0, 0.1) is 11.3 Å². The molecule has 1 fully saturated rings. The fourth-order valence-corrected chi connectivity index (χ4v) is 3.43. The molecular weight excluding hydrogens is 308 g/mol. The fraction of sp³-hybridized carbons (Fsp3) is 0.706. The first kappa shape index (κ1) is 18.4. The summed E-state index contributed by atoms with van der Waals surface area (Å²) in [5.74, 6) is -0.620. The van der Waals surface area contributed by atoms with Crippen molar-refractivity contribution in [3.05, 3.63) is 11.8 Å². The largest absolute Gasteiger partial charge is 0.369 e. The van der Waals surface area contributed by atoms with Crippen LogP contribution in [0.25, 0.3) is 0 Å². The van der Waals surface area contributed by atoms with Crippen molar-refractivity contribution < 1.29 is 14.4 Å². The summed E-state index contributed by atoms with van der Waals surface area (Å²) in [6.45, 7) is 4.49. The number of hydrogen-bond acceptors (Lipinski definition) is 4. The Morgan fingerprint density at radius 3 is 2.71 bits per heavy atom. The number of carbonyl (C=O) groups excluding carboxylic acids is 3.